The highest BCUT2D eigenvalue weighted by molar-refractivity contribution is 5.08. The third-order valence-electron chi connectivity index (χ3n) is 2.18. The fourth-order valence-corrected chi connectivity index (χ4v) is 1.25. The number of pyridine rings is 1. The fourth-order valence-electron chi connectivity index (χ4n) is 1.25. The summed E-state index contributed by atoms with van der Waals surface area (Å²) in [5.41, 5.74) is 0.707. The van der Waals surface area contributed by atoms with E-state index in [2.05, 4.69) is 0 Å². The second-order valence-electron chi connectivity index (χ2n) is 4.49. The molecule has 3 heteroatoms. The summed E-state index contributed by atoms with van der Waals surface area (Å²) in [6.07, 6.45) is 1.77. The molecule has 78 valence electrons. The first-order valence-corrected chi connectivity index (χ1v) is 4.72. The Balaban J connectivity index is 2.93. The maximum Gasteiger partial charge on any atom is 0.250 e. The van der Waals surface area contributed by atoms with Crippen molar-refractivity contribution < 1.29 is 5.11 Å². The third-order valence-corrected chi connectivity index (χ3v) is 2.18. The van der Waals surface area contributed by atoms with Gasteiger partial charge in [0.25, 0.3) is 5.56 Å². The molecule has 0 unspecified atom stereocenters. The first-order chi connectivity index (χ1) is 6.44. The summed E-state index contributed by atoms with van der Waals surface area (Å²) >= 11 is 0. The summed E-state index contributed by atoms with van der Waals surface area (Å²) in [5.74, 6) is 0. The predicted molar refractivity (Wildman–Crippen MR) is 56.3 cm³/mol. The smallest absolute Gasteiger partial charge is 0.250 e. The molecule has 1 aromatic rings. The van der Waals surface area contributed by atoms with Crippen LogP contribution in [-0.2, 0) is 6.54 Å². The molecular formula is C11H17NO2. The molecule has 0 aliphatic heterocycles. The maximum absolute atomic E-state index is 11.5. The van der Waals surface area contributed by atoms with Gasteiger partial charge >= 0.3 is 0 Å². The molecule has 1 heterocycles. The summed E-state index contributed by atoms with van der Waals surface area (Å²) in [7, 11) is 0. The molecular weight excluding hydrogens is 178 g/mol. The molecule has 1 aromatic heterocycles. The zero-order valence-corrected chi connectivity index (χ0v) is 8.95. The summed E-state index contributed by atoms with van der Waals surface area (Å²) in [6.45, 7) is 6.37. The standard InChI is InChI=1S/C11H17NO2/c1-9-4-5-12(10(14)6-9)7-11(2,3)8-13/h4-6,13H,7-8H2,1-3H3. The van der Waals surface area contributed by atoms with Crippen LogP contribution in [0.25, 0.3) is 0 Å². The molecule has 0 aromatic carbocycles. The van der Waals surface area contributed by atoms with Gasteiger partial charge in [-0.05, 0) is 18.6 Å². The lowest BCUT2D eigenvalue weighted by atomic mass is 9.95. The molecule has 0 saturated heterocycles. The minimum Gasteiger partial charge on any atom is -0.396 e. The van der Waals surface area contributed by atoms with E-state index in [1.807, 2.05) is 26.8 Å². The molecule has 14 heavy (non-hydrogen) atoms. The molecule has 1 N–H and O–H groups in total. The van der Waals surface area contributed by atoms with Crippen molar-refractivity contribution in [1.82, 2.24) is 4.57 Å². The van der Waals surface area contributed by atoms with Gasteiger partial charge in [0.15, 0.2) is 0 Å². The average Bonchev–Trinajstić information content (AvgIpc) is 2.10. The molecule has 0 fully saturated rings. The Kier molecular flexibility index (Phi) is 3.11. The Morgan fingerprint density at radius 3 is 2.64 bits per heavy atom. The summed E-state index contributed by atoms with van der Waals surface area (Å²) in [4.78, 5) is 11.5. The molecule has 0 aliphatic carbocycles. The van der Waals surface area contributed by atoms with Gasteiger partial charge < -0.3 is 9.67 Å². The van der Waals surface area contributed by atoms with E-state index in [0.717, 1.165) is 5.56 Å². The van der Waals surface area contributed by atoms with Gasteiger partial charge in [-0.2, -0.15) is 0 Å². The van der Waals surface area contributed by atoms with Crippen LogP contribution in [0.2, 0.25) is 0 Å². The Morgan fingerprint density at radius 1 is 1.50 bits per heavy atom. The van der Waals surface area contributed by atoms with E-state index in [-0.39, 0.29) is 17.6 Å². The monoisotopic (exact) mass is 195 g/mol. The van der Waals surface area contributed by atoms with Crippen molar-refractivity contribution in [2.24, 2.45) is 5.41 Å². The minimum absolute atomic E-state index is 0.00785. The molecule has 0 radical (unpaired) electrons. The van der Waals surface area contributed by atoms with Crippen LogP contribution < -0.4 is 5.56 Å². The highest BCUT2D eigenvalue weighted by atomic mass is 16.3. The molecule has 0 aliphatic rings. The van der Waals surface area contributed by atoms with Gasteiger partial charge in [0.2, 0.25) is 0 Å². The number of aliphatic hydroxyl groups is 1. The second kappa shape index (κ2) is 3.96. The van der Waals surface area contributed by atoms with Crippen molar-refractivity contribution in [3.63, 3.8) is 0 Å². The average molecular weight is 195 g/mol. The van der Waals surface area contributed by atoms with E-state index < -0.39 is 0 Å². The number of aryl methyl sites for hydroxylation is 1. The van der Waals surface area contributed by atoms with Crippen LogP contribution in [-0.4, -0.2) is 16.3 Å². The molecule has 0 saturated carbocycles. The molecule has 0 amide bonds. The van der Waals surface area contributed by atoms with E-state index >= 15 is 0 Å². The Bertz CT molecular complexity index is 366. The van der Waals surface area contributed by atoms with Gasteiger partial charge in [0.1, 0.15) is 0 Å². The zero-order chi connectivity index (χ0) is 10.8. The van der Waals surface area contributed by atoms with Gasteiger partial charge in [0, 0.05) is 30.8 Å². The van der Waals surface area contributed by atoms with E-state index in [4.69, 9.17) is 5.11 Å². The number of hydrogen-bond donors (Lipinski definition) is 1. The van der Waals surface area contributed by atoms with Crippen LogP contribution >= 0.6 is 0 Å². The normalized spacial score (nSPS) is 11.7. The molecule has 0 bridgehead atoms. The van der Waals surface area contributed by atoms with Gasteiger partial charge in [0.05, 0.1) is 0 Å². The largest absolute Gasteiger partial charge is 0.396 e. The van der Waals surface area contributed by atoms with Gasteiger partial charge in [-0.1, -0.05) is 13.8 Å². The Labute approximate surface area is 84.0 Å². The Hall–Kier alpha value is -1.09. The van der Waals surface area contributed by atoms with E-state index in [0.29, 0.717) is 6.54 Å². The highest BCUT2D eigenvalue weighted by Gasteiger charge is 2.17. The van der Waals surface area contributed by atoms with Crippen LogP contribution in [0, 0.1) is 12.3 Å². The van der Waals surface area contributed by atoms with Gasteiger partial charge in [-0.25, -0.2) is 0 Å². The fraction of sp³-hybridized carbons (Fsp3) is 0.545. The van der Waals surface area contributed by atoms with E-state index in [9.17, 15) is 4.79 Å². The summed E-state index contributed by atoms with van der Waals surface area (Å²) in [6, 6.07) is 3.50. The van der Waals surface area contributed by atoms with Crippen LogP contribution in [0.1, 0.15) is 19.4 Å². The topological polar surface area (TPSA) is 42.2 Å². The van der Waals surface area contributed by atoms with Crippen molar-refractivity contribution >= 4 is 0 Å². The predicted octanol–water partition coefficient (Wildman–Crippen LogP) is 1.18. The van der Waals surface area contributed by atoms with Crippen molar-refractivity contribution in [3.05, 3.63) is 34.2 Å². The van der Waals surface area contributed by atoms with Crippen LogP contribution in [0.4, 0.5) is 0 Å². The van der Waals surface area contributed by atoms with E-state index in [1.165, 1.54) is 0 Å². The van der Waals surface area contributed by atoms with Gasteiger partial charge in [-0.15, -0.1) is 0 Å². The Morgan fingerprint density at radius 2 is 2.14 bits per heavy atom. The van der Waals surface area contributed by atoms with Crippen LogP contribution in [0.15, 0.2) is 23.1 Å². The lowest BCUT2D eigenvalue weighted by molar-refractivity contribution is 0.139. The molecule has 0 spiro atoms. The molecule has 0 atom stereocenters. The second-order valence-corrected chi connectivity index (χ2v) is 4.49. The van der Waals surface area contributed by atoms with Crippen molar-refractivity contribution in [1.29, 1.82) is 0 Å². The molecule has 3 nitrogen and oxygen atoms in total. The first kappa shape index (κ1) is 11.0. The third kappa shape index (κ3) is 2.70. The van der Waals surface area contributed by atoms with Crippen LogP contribution in [0.3, 0.4) is 0 Å². The number of rotatable bonds is 3. The highest BCUT2D eigenvalue weighted by Crippen LogP contribution is 2.15. The number of hydrogen-bond acceptors (Lipinski definition) is 2. The van der Waals surface area contributed by atoms with Crippen molar-refractivity contribution in [2.45, 2.75) is 27.3 Å². The van der Waals surface area contributed by atoms with Crippen molar-refractivity contribution in [2.75, 3.05) is 6.61 Å². The summed E-state index contributed by atoms with van der Waals surface area (Å²) < 4.78 is 1.63. The van der Waals surface area contributed by atoms with Crippen LogP contribution in [0.5, 0.6) is 0 Å². The number of aliphatic hydroxyl groups excluding tert-OH is 1. The maximum atomic E-state index is 11.5. The first-order valence-electron chi connectivity index (χ1n) is 4.72. The molecule has 1 rings (SSSR count). The lowest BCUT2D eigenvalue weighted by Crippen LogP contribution is -2.30. The van der Waals surface area contributed by atoms with Crippen molar-refractivity contribution in [3.8, 4) is 0 Å². The number of nitrogens with zero attached hydrogens (tertiary/aromatic N) is 1. The zero-order valence-electron chi connectivity index (χ0n) is 8.95. The van der Waals surface area contributed by atoms with Gasteiger partial charge in [-0.3, -0.25) is 4.79 Å². The quantitative estimate of drug-likeness (QED) is 0.786. The van der Waals surface area contributed by atoms with E-state index in [1.54, 1.807) is 16.8 Å². The summed E-state index contributed by atoms with van der Waals surface area (Å²) in [5, 5.41) is 9.09. The lowest BCUT2D eigenvalue weighted by Gasteiger charge is -2.22. The SMILES string of the molecule is Cc1ccn(CC(C)(C)CO)c(=O)c1. The minimum atomic E-state index is -0.251. The number of aromatic nitrogens is 1.